The molecular weight excluding hydrogens is 416 g/mol. The van der Waals surface area contributed by atoms with Crippen molar-refractivity contribution in [1.29, 1.82) is 0 Å². The van der Waals surface area contributed by atoms with Crippen LogP contribution in [0.25, 0.3) is 28.2 Å². The van der Waals surface area contributed by atoms with Gasteiger partial charge in [0.1, 0.15) is 5.69 Å². The third kappa shape index (κ3) is 3.69. The van der Waals surface area contributed by atoms with Gasteiger partial charge in [-0.1, -0.05) is 60.7 Å². The third-order valence-corrected chi connectivity index (χ3v) is 6.41. The molecule has 2 saturated heterocycles. The van der Waals surface area contributed by atoms with Gasteiger partial charge in [-0.3, -0.25) is 4.79 Å². The molecule has 2 aliphatic heterocycles. The fourth-order valence-electron chi connectivity index (χ4n) is 4.63. The van der Waals surface area contributed by atoms with Crippen LogP contribution < -0.4 is 0 Å². The first-order valence-electron chi connectivity index (χ1n) is 11.3. The lowest BCUT2D eigenvalue weighted by Gasteiger charge is -2.37. The molecule has 4 aromatic rings. The SMILES string of the molecule is O=C(c1cc(-c2ccccc2)nc2cc(-c3ccccc3)nn12)N1CCC2(CC1)OCCO2. The van der Waals surface area contributed by atoms with Gasteiger partial charge in [0.15, 0.2) is 11.4 Å². The molecule has 0 bridgehead atoms. The minimum atomic E-state index is -0.522. The lowest BCUT2D eigenvalue weighted by Crippen LogP contribution is -2.47. The summed E-state index contributed by atoms with van der Waals surface area (Å²) >= 11 is 0. The number of hydrogen-bond donors (Lipinski definition) is 0. The van der Waals surface area contributed by atoms with Crippen LogP contribution in [0.15, 0.2) is 72.8 Å². The summed E-state index contributed by atoms with van der Waals surface area (Å²) < 4.78 is 13.3. The van der Waals surface area contributed by atoms with Crippen LogP contribution in [-0.4, -0.2) is 57.5 Å². The Kier molecular flexibility index (Phi) is 4.93. The molecule has 2 aromatic carbocycles. The van der Waals surface area contributed by atoms with Gasteiger partial charge in [-0.05, 0) is 6.07 Å². The van der Waals surface area contributed by atoms with E-state index in [2.05, 4.69) is 0 Å². The molecule has 2 aliphatic rings. The highest BCUT2D eigenvalue weighted by Crippen LogP contribution is 2.32. The lowest BCUT2D eigenvalue weighted by atomic mass is 10.0. The zero-order valence-corrected chi connectivity index (χ0v) is 18.2. The summed E-state index contributed by atoms with van der Waals surface area (Å²) in [5.74, 6) is -0.582. The number of ether oxygens (including phenoxy) is 2. The van der Waals surface area contributed by atoms with E-state index in [4.69, 9.17) is 19.6 Å². The Bertz CT molecular complexity index is 1290. The highest BCUT2D eigenvalue weighted by molar-refractivity contribution is 5.94. The lowest BCUT2D eigenvalue weighted by molar-refractivity contribution is -0.181. The molecule has 7 nitrogen and oxygen atoms in total. The molecule has 7 heteroatoms. The number of benzene rings is 2. The van der Waals surface area contributed by atoms with Crippen LogP contribution in [0.4, 0.5) is 0 Å². The minimum Gasteiger partial charge on any atom is -0.347 e. The molecule has 1 spiro atoms. The second-order valence-electron chi connectivity index (χ2n) is 8.46. The summed E-state index contributed by atoms with van der Waals surface area (Å²) in [6.45, 7) is 2.40. The largest absolute Gasteiger partial charge is 0.347 e. The molecule has 6 rings (SSSR count). The Balaban J connectivity index is 1.41. The number of likely N-dealkylation sites (tertiary alicyclic amines) is 1. The zero-order chi connectivity index (χ0) is 22.3. The molecule has 0 unspecified atom stereocenters. The highest BCUT2D eigenvalue weighted by atomic mass is 16.7. The molecule has 1 amide bonds. The average Bonchev–Trinajstić information content (AvgIpc) is 3.52. The number of carbonyl (C=O) groups excluding carboxylic acids is 1. The maximum absolute atomic E-state index is 13.7. The van der Waals surface area contributed by atoms with E-state index in [-0.39, 0.29) is 5.91 Å². The summed E-state index contributed by atoms with van der Waals surface area (Å²) in [4.78, 5) is 20.4. The highest BCUT2D eigenvalue weighted by Gasteiger charge is 2.41. The molecule has 166 valence electrons. The topological polar surface area (TPSA) is 69.0 Å². The van der Waals surface area contributed by atoms with Crippen LogP contribution >= 0.6 is 0 Å². The molecule has 0 radical (unpaired) electrons. The van der Waals surface area contributed by atoms with Gasteiger partial charge in [0.2, 0.25) is 0 Å². The molecule has 33 heavy (non-hydrogen) atoms. The Labute approximate surface area is 191 Å². The Hall–Kier alpha value is -3.55. The fourth-order valence-corrected chi connectivity index (χ4v) is 4.63. The van der Waals surface area contributed by atoms with Gasteiger partial charge in [0.05, 0.1) is 24.6 Å². The van der Waals surface area contributed by atoms with Crippen molar-refractivity contribution >= 4 is 11.6 Å². The summed E-state index contributed by atoms with van der Waals surface area (Å²) in [7, 11) is 0. The first-order chi connectivity index (χ1) is 16.2. The number of nitrogens with zero attached hydrogens (tertiary/aromatic N) is 4. The van der Waals surface area contributed by atoms with Gasteiger partial charge in [0, 0.05) is 43.1 Å². The van der Waals surface area contributed by atoms with E-state index in [1.807, 2.05) is 77.7 Å². The summed E-state index contributed by atoms with van der Waals surface area (Å²) in [6.07, 6.45) is 1.35. The molecule has 4 heterocycles. The van der Waals surface area contributed by atoms with E-state index < -0.39 is 5.79 Å². The smallest absolute Gasteiger partial charge is 0.272 e. The van der Waals surface area contributed by atoms with Crippen molar-refractivity contribution < 1.29 is 14.3 Å². The molecule has 2 aromatic heterocycles. The molecular formula is C26H24N4O3. The Morgan fingerprint density at radius 1 is 0.818 bits per heavy atom. The van der Waals surface area contributed by atoms with Crippen LogP contribution in [0.5, 0.6) is 0 Å². The van der Waals surface area contributed by atoms with Crippen LogP contribution in [-0.2, 0) is 9.47 Å². The molecule has 0 aliphatic carbocycles. The van der Waals surface area contributed by atoms with Crippen molar-refractivity contribution in [3.63, 3.8) is 0 Å². The molecule has 0 saturated carbocycles. The Morgan fingerprint density at radius 3 is 2.06 bits per heavy atom. The van der Waals surface area contributed by atoms with E-state index in [0.29, 0.717) is 50.5 Å². The normalized spacial score (nSPS) is 17.6. The molecule has 0 N–H and O–H groups in total. The molecule has 0 atom stereocenters. The van der Waals surface area contributed by atoms with Crippen LogP contribution in [0, 0.1) is 0 Å². The second kappa shape index (κ2) is 8.10. The van der Waals surface area contributed by atoms with E-state index in [0.717, 1.165) is 22.5 Å². The van der Waals surface area contributed by atoms with Crippen LogP contribution in [0.3, 0.4) is 0 Å². The second-order valence-corrected chi connectivity index (χ2v) is 8.46. The summed E-state index contributed by atoms with van der Waals surface area (Å²) in [5, 5.41) is 4.76. The first kappa shape index (κ1) is 20.1. The predicted octanol–water partition coefficient (Wildman–Crippen LogP) is 4.04. The first-order valence-corrected chi connectivity index (χ1v) is 11.3. The van der Waals surface area contributed by atoms with E-state index in [1.165, 1.54) is 0 Å². The van der Waals surface area contributed by atoms with Crippen molar-refractivity contribution in [1.82, 2.24) is 19.5 Å². The van der Waals surface area contributed by atoms with Gasteiger partial charge in [-0.2, -0.15) is 5.10 Å². The van der Waals surface area contributed by atoms with E-state index in [9.17, 15) is 4.79 Å². The average molecular weight is 441 g/mol. The van der Waals surface area contributed by atoms with Crippen molar-refractivity contribution in [2.24, 2.45) is 0 Å². The van der Waals surface area contributed by atoms with Crippen molar-refractivity contribution in [3.05, 3.63) is 78.5 Å². The van der Waals surface area contributed by atoms with Gasteiger partial charge in [-0.25, -0.2) is 9.50 Å². The van der Waals surface area contributed by atoms with Gasteiger partial charge < -0.3 is 14.4 Å². The summed E-state index contributed by atoms with van der Waals surface area (Å²) in [6, 6.07) is 23.6. The van der Waals surface area contributed by atoms with Gasteiger partial charge >= 0.3 is 0 Å². The number of fused-ring (bicyclic) bond motifs is 1. The predicted molar refractivity (Wildman–Crippen MR) is 124 cm³/mol. The standard InChI is InChI=1S/C26H24N4O3/c31-25(29-13-11-26(12-14-29)32-15-16-33-26)23-17-21(19-7-3-1-4-8-19)27-24-18-22(28-30(23)24)20-9-5-2-6-10-20/h1-10,17-18H,11-16H2. The number of aromatic nitrogens is 3. The Morgan fingerprint density at radius 2 is 1.42 bits per heavy atom. The van der Waals surface area contributed by atoms with E-state index >= 15 is 0 Å². The van der Waals surface area contributed by atoms with Crippen molar-refractivity contribution in [3.8, 4) is 22.5 Å². The van der Waals surface area contributed by atoms with E-state index in [1.54, 1.807) is 4.52 Å². The third-order valence-electron chi connectivity index (χ3n) is 6.41. The van der Waals surface area contributed by atoms with Crippen molar-refractivity contribution in [2.45, 2.75) is 18.6 Å². The number of rotatable bonds is 3. The monoisotopic (exact) mass is 440 g/mol. The van der Waals surface area contributed by atoms with Gasteiger partial charge in [-0.15, -0.1) is 0 Å². The van der Waals surface area contributed by atoms with Gasteiger partial charge in [0.25, 0.3) is 5.91 Å². The fraction of sp³-hybridized carbons (Fsp3) is 0.269. The number of amides is 1. The number of piperidine rings is 1. The maximum Gasteiger partial charge on any atom is 0.272 e. The number of hydrogen-bond acceptors (Lipinski definition) is 5. The number of carbonyl (C=O) groups is 1. The van der Waals surface area contributed by atoms with Crippen LogP contribution in [0.1, 0.15) is 23.3 Å². The van der Waals surface area contributed by atoms with Crippen LogP contribution in [0.2, 0.25) is 0 Å². The quantitative estimate of drug-likeness (QED) is 0.481. The maximum atomic E-state index is 13.7. The van der Waals surface area contributed by atoms with Crippen molar-refractivity contribution in [2.75, 3.05) is 26.3 Å². The summed E-state index contributed by atoms with van der Waals surface area (Å²) in [5.41, 5.74) is 4.63. The minimum absolute atomic E-state index is 0.0601. The zero-order valence-electron chi connectivity index (χ0n) is 18.2. The molecule has 2 fully saturated rings.